The summed E-state index contributed by atoms with van der Waals surface area (Å²) in [5.74, 6) is 0. The zero-order valence-corrected chi connectivity index (χ0v) is 9.10. The molecular weight excluding hydrogens is 166 g/mol. The van der Waals surface area contributed by atoms with E-state index in [1.165, 1.54) is 6.42 Å². The van der Waals surface area contributed by atoms with Gasteiger partial charge in [-0.2, -0.15) is 0 Å². The fourth-order valence-electron chi connectivity index (χ4n) is 0.887. The monoisotopic (exact) mass is 189 g/mol. The minimum absolute atomic E-state index is 0.615. The van der Waals surface area contributed by atoms with Gasteiger partial charge in [0.1, 0.15) is 0 Å². The Morgan fingerprint density at radius 3 is 2.54 bits per heavy atom. The van der Waals surface area contributed by atoms with E-state index < -0.39 is 5.60 Å². The van der Waals surface area contributed by atoms with Crippen LogP contribution in [-0.2, 0) is 4.74 Å². The predicted molar refractivity (Wildman–Crippen MR) is 54.9 cm³/mol. The first-order valence-corrected chi connectivity index (χ1v) is 5.07. The standard InChI is InChI=1S/C10H23NO2/c1-4-5-7-13-8-6-11-9-10(2,3)12/h11-12H,4-9H2,1-3H3. The average Bonchev–Trinajstić information content (AvgIpc) is 2.01. The normalized spacial score (nSPS) is 12.0. The third-order valence-corrected chi connectivity index (χ3v) is 1.62. The highest BCUT2D eigenvalue weighted by atomic mass is 16.5. The van der Waals surface area contributed by atoms with Crippen molar-refractivity contribution < 1.29 is 9.84 Å². The van der Waals surface area contributed by atoms with Crippen molar-refractivity contribution in [2.75, 3.05) is 26.3 Å². The van der Waals surface area contributed by atoms with Crippen molar-refractivity contribution >= 4 is 0 Å². The molecule has 0 amide bonds. The summed E-state index contributed by atoms with van der Waals surface area (Å²) in [6, 6.07) is 0. The summed E-state index contributed by atoms with van der Waals surface area (Å²) in [4.78, 5) is 0. The van der Waals surface area contributed by atoms with E-state index in [2.05, 4.69) is 12.2 Å². The van der Waals surface area contributed by atoms with Crippen LogP contribution in [0.4, 0.5) is 0 Å². The van der Waals surface area contributed by atoms with E-state index in [1.54, 1.807) is 13.8 Å². The molecule has 0 aliphatic carbocycles. The molecule has 0 aromatic rings. The van der Waals surface area contributed by atoms with Gasteiger partial charge in [0, 0.05) is 19.7 Å². The van der Waals surface area contributed by atoms with Gasteiger partial charge >= 0.3 is 0 Å². The molecule has 0 aliphatic heterocycles. The maximum absolute atomic E-state index is 9.36. The topological polar surface area (TPSA) is 41.5 Å². The van der Waals surface area contributed by atoms with Gasteiger partial charge in [-0.3, -0.25) is 0 Å². The van der Waals surface area contributed by atoms with E-state index in [4.69, 9.17) is 4.74 Å². The molecule has 0 saturated carbocycles. The molecule has 13 heavy (non-hydrogen) atoms. The Bertz CT molecular complexity index is 110. The van der Waals surface area contributed by atoms with E-state index in [1.807, 2.05) is 0 Å². The molecule has 0 saturated heterocycles. The van der Waals surface area contributed by atoms with Gasteiger partial charge in [0.05, 0.1) is 12.2 Å². The summed E-state index contributed by atoms with van der Waals surface area (Å²) in [6.07, 6.45) is 2.31. The van der Waals surface area contributed by atoms with Gasteiger partial charge in [-0.15, -0.1) is 0 Å². The van der Waals surface area contributed by atoms with Crippen LogP contribution in [0.2, 0.25) is 0 Å². The second-order valence-electron chi connectivity index (χ2n) is 3.96. The minimum Gasteiger partial charge on any atom is -0.389 e. The first-order valence-electron chi connectivity index (χ1n) is 5.07. The van der Waals surface area contributed by atoms with Crippen LogP contribution in [-0.4, -0.2) is 37.0 Å². The fourth-order valence-corrected chi connectivity index (χ4v) is 0.887. The van der Waals surface area contributed by atoms with Crippen LogP contribution < -0.4 is 5.32 Å². The number of nitrogens with one attached hydrogen (secondary N) is 1. The highest BCUT2D eigenvalue weighted by Gasteiger charge is 2.10. The second kappa shape index (κ2) is 7.30. The molecule has 0 rings (SSSR count). The van der Waals surface area contributed by atoms with Gasteiger partial charge in [-0.25, -0.2) is 0 Å². The third kappa shape index (κ3) is 11.9. The van der Waals surface area contributed by atoms with Gasteiger partial charge in [-0.1, -0.05) is 13.3 Å². The molecule has 0 heterocycles. The molecule has 3 nitrogen and oxygen atoms in total. The van der Waals surface area contributed by atoms with Crippen molar-refractivity contribution in [3.05, 3.63) is 0 Å². The lowest BCUT2D eigenvalue weighted by atomic mass is 10.1. The third-order valence-electron chi connectivity index (χ3n) is 1.62. The highest BCUT2D eigenvalue weighted by Crippen LogP contribution is 1.96. The molecule has 0 aromatic carbocycles. The van der Waals surface area contributed by atoms with Crippen LogP contribution in [0.25, 0.3) is 0 Å². The summed E-state index contributed by atoms with van der Waals surface area (Å²) in [5.41, 5.74) is -0.622. The summed E-state index contributed by atoms with van der Waals surface area (Å²) in [7, 11) is 0. The number of rotatable bonds is 8. The van der Waals surface area contributed by atoms with Crippen LogP contribution >= 0.6 is 0 Å². The lowest BCUT2D eigenvalue weighted by Crippen LogP contribution is -2.36. The number of hydrogen-bond acceptors (Lipinski definition) is 3. The van der Waals surface area contributed by atoms with Crippen molar-refractivity contribution in [3.8, 4) is 0 Å². The zero-order chi connectivity index (χ0) is 10.2. The summed E-state index contributed by atoms with van der Waals surface area (Å²) >= 11 is 0. The fraction of sp³-hybridized carbons (Fsp3) is 1.00. The smallest absolute Gasteiger partial charge is 0.0715 e. The molecule has 3 heteroatoms. The van der Waals surface area contributed by atoms with Crippen LogP contribution in [0, 0.1) is 0 Å². The molecule has 0 fully saturated rings. The molecule has 0 bridgehead atoms. The van der Waals surface area contributed by atoms with Crippen molar-refractivity contribution in [1.29, 1.82) is 0 Å². The average molecular weight is 189 g/mol. The lowest BCUT2D eigenvalue weighted by Gasteiger charge is -2.17. The quantitative estimate of drug-likeness (QED) is 0.563. The molecular formula is C10H23NO2. The predicted octanol–water partition coefficient (Wildman–Crippen LogP) is 1.16. The Labute approximate surface area is 81.5 Å². The zero-order valence-electron chi connectivity index (χ0n) is 9.10. The number of ether oxygens (including phenoxy) is 1. The van der Waals surface area contributed by atoms with E-state index in [9.17, 15) is 5.11 Å². The second-order valence-corrected chi connectivity index (χ2v) is 3.96. The molecule has 80 valence electrons. The van der Waals surface area contributed by atoms with E-state index in [-0.39, 0.29) is 0 Å². The Morgan fingerprint density at radius 1 is 1.31 bits per heavy atom. The summed E-state index contributed by atoms with van der Waals surface area (Å²) < 4.78 is 5.34. The van der Waals surface area contributed by atoms with Crippen molar-refractivity contribution in [2.45, 2.75) is 39.2 Å². The molecule has 2 N–H and O–H groups in total. The first-order chi connectivity index (χ1) is 6.06. The molecule has 0 atom stereocenters. The van der Waals surface area contributed by atoms with Crippen LogP contribution in [0.5, 0.6) is 0 Å². The van der Waals surface area contributed by atoms with Crippen molar-refractivity contribution in [2.24, 2.45) is 0 Å². The largest absolute Gasteiger partial charge is 0.389 e. The minimum atomic E-state index is -0.622. The molecule has 0 unspecified atom stereocenters. The maximum Gasteiger partial charge on any atom is 0.0715 e. The van der Waals surface area contributed by atoms with E-state index in [0.717, 1.165) is 26.2 Å². The van der Waals surface area contributed by atoms with E-state index >= 15 is 0 Å². The van der Waals surface area contributed by atoms with Crippen LogP contribution in [0.15, 0.2) is 0 Å². The Kier molecular flexibility index (Phi) is 7.23. The summed E-state index contributed by atoms with van der Waals surface area (Å²) in [5, 5.41) is 12.5. The Morgan fingerprint density at radius 2 is 2.00 bits per heavy atom. The van der Waals surface area contributed by atoms with Gasteiger partial charge in [-0.05, 0) is 20.3 Å². The van der Waals surface area contributed by atoms with Crippen LogP contribution in [0.1, 0.15) is 33.6 Å². The first kappa shape index (κ1) is 12.9. The highest BCUT2D eigenvalue weighted by molar-refractivity contribution is 4.67. The van der Waals surface area contributed by atoms with Crippen LogP contribution in [0.3, 0.4) is 0 Å². The number of aliphatic hydroxyl groups is 1. The Hall–Kier alpha value is -0.120. The van der Waals surface area contributed by atoms with Gasteiger partial charge in [0.2, 0.25) is 0 Å². The van der Waals surface area contributed by atoms with Gasteiger partial charge in [0.25, 0.3) is 0 Å². The Balaban J connectivity index is 3.00. The van der Waals surface area contributed by atoms with Gasteiger partial charge in [0.15, 0.2) is 0 Å². The van der Waals surface area contributed by atoms with Crippen molar-refractivity contribution in [3.63, 3.8) is 0 Å². The number of unbranched alkanes of at least 4 members (excludes halogenated alkanes) is 1. The van der Waals surface area contributed by atoms with Crippen molar-refractivity contribution in [1.82, 2.24) is 5.32 Å². The maximum atomic E-state index is 9.36. The molecule has 0 spiro atoms. The SMILES string of the molecule is CCCCOCCNCC(C)(C)O. The van der Waals surface area contributed by atoms with E-state index in [0.29, 0.717) is 6.54 Å². The lowest BCUT2D eigenvalue weighted by molar-refractivity contribution is 0.0742. The molecule has 0 aromatic heterocycles. The molecule has 0 aliphatic rings. The summed E-state index contributed by atoms with van der Waals surface area (Å²) in [6.45, 7) is 8.74. The number of hydrogen-bond donors (Lipinski definition) is 2. The molecule has 0 radical (unpaired) electrons. The van der Waals surface area contributed by atoms with Gasteiger partial charge < -0.3 is 15.2 Å².